The Labute approximate surface area is 359 Å². The quantitative estimate of drug-likeness (QED) is 0.155. The highest BCUT2D eigenvalue weighted by molar-refractivity contribution is 5.97. The molecule has 0 unspecified atom stereocenters. The van der Waals surface area contributed by atoms with Gasteiger partial charge in [0.05, 0.1) is 11.0 Å². The maximum absolute atomic E-state index is 6.33. The van der Waals surface area contributed by atoms with Gasteiger partial charge in [-0.25, -0.2) is 19.9 Å². The molecule has 62 heavy (non-hydrogen) atoms. The number of para-hydroxylation sites is 3. The van der Waals surface area contributed by atoms with Crippen molar-refractivity contribution in [2.24, 2.45) is 0 Å². The molecule has 9 aromatic carbocycles. The number of hydrogen-bond donors (Lipinski definition) is 1. The number of nitrogen functional groups attached to an aromatic ring is 1. The van der Waals surface area contributed by atoms with Gasteiger partial charge in [0.1, 0.15) is 5.82 Å². The molecule has 0 aliphatic rings. The number of benzene rings is 9. The van der Waals surface area contributed by atoms with Gasteiger partial charge in [-0.05, 0) is 75.0 Å². The predicted octanol–water partition coefficient (Wildman–Crippen LogP) is 13.6. The normalized spacial score (nSPS) is 11.3. The van der Waals surface area contributed by atoms with E-state index in [0.29, 0.717) is 17.5 Å². The summed E-state index contributed by atoms with van der Waals surface area (Å²) in [6, 6.07) is 75.2. The highest BCUT2D eigenvalue weighted by Gasteiger charge is 2.19. The lowest BCUT2D eigenvalue weighted by Crippen LogP contribution is -2.01. The average molecular weight is 795 g/mol. The van der Waals surface area contributed by atoms with Crippen molar-refractivity contribution in [3.63, 3.8) is 0 Å². The second-order valence-electron chi connectivity index (χ2n) is 15.3. The number of anilines is 1. The molecule has 0 saturated heterocycles. The fourth-order valence-electron chi connectivity index (χ4n) is 8.41. The largest absolute Gasteiger partial charge is 0.398 e. The van der Waals surface area contributed by atoms with Crippen LogP contribution in [0.15, 0.2) is 218 Å². The van der Waals surface area contributed by atoms with Crippen LogP contribution in [0.3, 0.4) is 0 Å². The average Bonchev–Trinajstić information content (AvgIpc) is 3.74. The van der Waals surface area contributed by atoms with Gasteiger partial charge in [0, 0.05) is 39.2 Å². The van der Waals surface area contributed by atoms with Crippen molar-refractivity contribution < 1.29 is 0 Å². The Hall–Kier alpha value is -8.48. The van der Waals surface area contributed by atoms with Crippen molar-refractivity contribution in [2.75, 3.05) is 5.73 Å². The molecule has 292 valence electrons. The van der Waals surface area contributed by atoms with E-state index < -0.39 is 0 Å². The number of nitrogens with zero attached hydrogens (tertiary/aromatic N) is 5. The van der Waals surface area contributed by atoms with Crippen molar-refractivity contribution >= 4 is 27.5 Å². The first-order valence-electron chi connectivity index (χ1n) is 20.7. The summed E-state index contributed by atoms with van der Waals surface area (Å²) in [7, 11) is 0. The Morgan fingerprint density at radius 1 is 0.339 bits per heavy atom. The molecule has 2 N–H and O–H groups in total. The van der Waals surface area contributed by atoms with E-state index in [2.05, 4.69) is 156 Å². The number of hydrogen-bond acceptors (Lipinski definition) is 5. The molecular formula is C56H38N6. The first kappa shape index (κ1) is 36.6. The molecule has 0 saturated carbocycles. The smallest absolute Gasteiger partial charge is 0.164 e. The Kier molecular flexibility index (Phi) is 9.21. The van der Waals surface area contributed by atoms with Crippen LogP contribution in [0, 0.1) is 0 Å². The summed E-state index contributed by atoms with van der Waals surface area (Å²) >= 11 is 0. The van der Waals surface area contributed by atoms with E-state index in [0.717, 1.165) is 89.3 Å². The summed E-state index contributed by atoms with van der Waals surface area (Å²) in [6.07, 6.45) is 0. The van der Waals surface area contributed by atoms with Gasteiger partial charge < -0.3 is 5.73 Å². The van der Waals surface area contributed by atoms with Gasteiger partial charge >= 0.3 is 0 Å². The second-order valence-corrected chi connectivity index (χ2v) is 15.3. The van der Waals surface area contributed by atoms with Gasteiger partial charge in [0.2, 0.25) is 0 Å². The van der Waals surface area contributed by atoms with Gasteiger partial charge in [-0.15, -0.1) is 0 Å². The summed E-state index contributed by atoms with van der Waals surface area (Å²) in [5.74, 6) is 2.70. The molecule has 0 radical (unpaired) electrons. The van der Waals surface area contributed by atoms with Crippen molar-refractivity contribution in [1.82, 2.24) is 24.5 Å². The van der Waals surface area contributed by atoms with E-state index in [1.54, 1.807) is 0 Å². The van der Waals surface area contributed by atoms with Gasteiger partial charge in [-0.1, -0.05) is 182 Å². The fraction of sp³-hybridized carbons (Fsp3) is 0. The topological polar surface area (TPSA) is 82.5 Å². The summed E-state index contributed by atoms with van der Waals surface area (Å²) in [5.41, 5.74) is 20.2. The van der Waals surface area contributed by atoms with Crippen LogP contribution in [0.25, 0.3) is 106 Å². The van der Waals surface area contributed by atoms with E-state index in [-0.39, 0.29) is 0 Å². The summed E-state index contributed by atoms with van der Waals surface area (Å²) in [6.45, 7) is 0. The Morgan fingerprint density at radius 3 is 1.71 bits per heavy atom. The summed E-state index contributed by atoms with van der Waals surface area (Å²) in [5, 5.41) is 2.34. The summed E-state index contributed by atoms with van der Waals surface area (Å²) in [4.78, 5) is 20.6. The van der Waals surface area contributed by atoms with Gasteiger partial charge in [0.15, 0.2) is 17.5 Å². The number of nitrogens with two attached hydrogens (primary N) is 1. The minimum Gasteiger partial charge on any atom is -0.398 e. The molecule has 11 aromatic rings. The third kappa shape index (κ3) is 6.76. The summed E-state index contributed by atoms with van der Waals surface area (Å²) < 4.78 is 2.27. The molecule has 0 atom stereocenters. The molecule has 2 aromatic heterocycles. The van der Waals surface area contributed by atoms with Crippen molar-refractivity contribution in [1.29, 1.82) is 0 Å². The molecule has 0 fully saturated rings. The third-order valence-corrected chi connectivity index (χ3v) is 11.5. The number of aromatic nitrogens is 5. The molecule has 0 aliphatic heterocycles. The lowest BCUT2D eigenvalue weighted by molar-refractivity contribution is 1.07. The lowest BCUT2D eigenvalue weighted by atomic mass is 9.96. The highest BCUT2D eigenvalue weighted by Crippen LogP contribution is 2.37. The Bertz CT molecular complexity index is 3420. The highest BCUT2D eigenvalue weighted by atomic mass is 15.1. The van der Waals surface area contributed by atoms with E-state index in [1.165, 1.54) is 5.39 Å². The molecule has 0 spiro atoms. The predicted molar refractivity (Wildman–Crippen MR) is 254 cm³/mol. The Balaban J connectivity index is 1.01. The molecule has 2 heterocycles. The first-order chi connectivity index (χ1) is 30.6. The van der Waals surface area contributed by atoms with Crippen LogP contribution in [0.1, 0.15) is 0 Å². The van der Waals surface area contributed by atoms with Gasteiger partial charge in [-0.3, -0.25) is 4.57 Å². The fourth-order valence-corrected chi connectivity index (χ4v) is 8.41. The second kappa shape index (κ2) is 15.6. The zero-order valence-corrected chi connectivity index (χ0v) is 33.6. The van der Waals surface area contributed by atoms with E-state index in [9.17, 15) is 0 Å². The zero-order chi connectivity index (χ0) is 41.4. The maximum atomic E-state index is 6.33. The SMILES string of the molecule is Nc1ccccc1-c1ccc(-c2ccccc2-c2nc(-c3ccccc3)nc(-c3cccc(-c4cccc(-n5c(-c6cccc7ccccc67)nc6ccccc65)c4)c3)n2)cc1. The maximum Gasteiger partial charge on any atom is 0.164 e. The molecule has 6 nitrogen and oxygen atoms in total. The molecule has 0 bridgehead atoms. The van der Waals surface area contributed by atoms with Crippen LogP contribution in [0.5, 0.6) is 0 Å². The third-order valence-electron chi connectivity index (χ3n) is 11.5. The van der Waals surface area contributed by atoms with Crippen LogP contribution in [0.2, 0.25) is 0 Å². The Morgan fingerprint density at radius 2 is 0.887 bits per heavy atom. The molecular weight excluding hydrogens is 757 g/mol. The zero-order valence-electron chi connectivity index (χ0n) is 33.6. The molecule has 6 heteroatoms. The van der Waals surface area contributed by atoms with Crippen molar-refractivity contribution in [3.8, 4) is 84.6 Å². The van der Waals surface area contributed by atoms with Gasteiger partial charge in [0.25, 0.3) is 0 Å². The van der Waals surface area contributed by atoms with E-state index in [4.69, 9.17) is 25.7 Å². The molecule has 0 amide bonds. The monoisotopic (exact) mass is 794 g/mol. The minimum absolute atomic E-state index is 0.593. The first-order valence-corrected chi connectivity index (χ1v) is 20.7. The molecule has 11 rings (SSSR count). The number of imidazole rings is 1. The molecule has 0 aliphatic carbocycles. The minimum atomic E-state index is 0.593. The van der Waals surface area contributed by atoms with Crippen LogP contribution < -0.4 is 5.73 Å². The van der Waals surface area contributed by atoms with Crippen LogP contribution in [-0.4, -0.2) is 24.5 Å². The van der Waals surface area contributed by atoms with Crippen LogP contribution in [-0.2, 0) is 0 Å². The van der Waals surface area contributed by atoms with Crippen LogP contribution in [0.4, 0.5) is 5.69 Å². The van der Waals surface area contributed by atoms with Gasteiger partial charge in [-0.2, -0.15) is 0 Å². The standard InChI is InChI=1S/C56H38N6/c57-50-28-9-8-25-47(50)39-33-31-38(32-34-39)45-23-6-7-26-48(45)55-60-53(40-16-2-1-3-17-40)59-54(61-55)43-21-12-19-41(35-43)42-20-13-22-44(36-42)62-52-30-11-10-29-51(52)58-56(62)49-27-14-18-37-15-4-5-24-46(37)49/h1-36H,57H2. The van der Waals surface area contributed by atoms with Crippen molar-refractivity contribution in [2.45, 2.75) is 0 Å². The van der Waals surface area contributed by atoms with E-state index >= 15 is 0 Å². The number of fused-ring (bicyclic) bond motifs is 2. The van der Waals surface area contributed by atoms with Crippen LogP contribution >= 0.6 is 0 Å². The lowest BCUT2D eigenvalue weighted by Gasteiger charge is -2.14. The number of rotatable bonds is 8. The van der Waals surface area contributed by atoms with Crippen molar-refractivity contribution in [3.05, 3.63) is 218 Å². The van der Waals surface area contributed by atoms with E-state index in [1.807, 2.05) is 66.7 Å².